The molecule has 1 aromatic carbocycles. The Labute approximate surface area is 226 Å². The van der Waals surface area contributed by atoms with E-state index in [4.69, 9.17) is 4.74 Å². The first-order chi connectivity index (χ1) is 17.5. The number of rotatable bonds is 12. The Kier molecular flexibility index (Phi) is 12.7. The van der Waals surface area contributed by atoms with Gasteiger partial charge in [0.2, 0.25) is 17.7 Å². The average molecular weight is 535 g/mol. The van der Waals surface area contributed by atoms with E-state index in [1.165, 1.54) is 0 Å². The number of amides is 4. The maximum absolute atomic E-state index is 13.2. The third-order valence-corrected chi connectivity index (χ3v) is 5.31. The van der Waals surface area contributed by atoms with Gasteiger partial charge in [0.15, 0.2) is 0 Å². The number of ether oxygens (including phenoxy) is 1. The molecule has 0 bridgehead atoms. The van der Waals surface area contributed by atoms with Gasteiger partial charge in [-0.15, -0.1) is 0 Å². The van der Waals surface area contributed by atoms with Crippen LogP contribution in [0.2, 0.25) is 0 Å². The molecule has 4 amide bonds. The van der Waals surface area contributed by atoms with Gasteiger partial charge in [-0.05, 0) is 59.4 Å². The van der Waals surface area contributed by atoms with Crippen LogP contribution in [0.25, 0.3) is 0 Å². The third-order valence-electron chi connectivity index (χ3n) is 5.31. The summed E-state index contributed by atoms with van der Waals surface area (Å²) in [5.74, 6) is -1.35. The van der Waals surface area contributed by atoms with E-state index in [1.54, 1.807) is 34.6 Å². The van der Waals surface area contributed by atoms with Crippen molar-refractivity contribution in [3.63, 3.8) is 0 Å². The van der Waals surface area contributed by atoms with Crippen LogP contribution in [0.4, 0.5) is 4.79 Å². The molecular formula is C28H46N4O6. The van der Waals surface area contributed by atoms with Crippen LogP contribution in [-0.2, 0) is 25.5 Å². The second kappa shape index (κ2) is 14.7. The second-order valence-electron chi connectivity index (χ2n) is 11.8. The minimum absolute atomic E-state index is 0.0236. The Morgan fingerprint density at radius 3 is 2.00 bits per heavy atom. The first kappa shape index (κ1) is 32.9. The van der Waals surface area contributed by atoms with Gasteiger partial charge in [-0.25, -0.2) is 4.79 Å². The Balaban J connectivity index is 2.86. The first-order valence-corrected chi connectivity index (χ1v) is 13.1. The maximum atomic E-state index is 13.2. The van der Waals surface area contributed by atoms with E-state index in [0.717, 1.165) is 5.56 Å². The molecule has 0 fully saturated rings. The summed E-state index contributed by atoms with van der Waals surface area (Å²) < 4.78 is 5.29. The fourth-order valence-corrected chi connectivity index (χ4v) is 3.55. The molecule has 3 atom stereocenters. The molecule has 0 spiro atoms. The summed E-state index contributed by atoms with van der Waals surface area (Å²) in [4.78, 5) is 49.8. The molecule has 0 aliphatic heterocycles. The molecule has 0 unspecified atom stereocenters. The smallest absolute Gasteiger partial charge is 0.408 e. The molecule has 0 aromatic heterocycles. The van der Waals surface area contributed by atoms with Gasteiger partial charge in [0.25, 0.3) is 0 Å². The van der Waals surface area contributed by atoms with Crippen LogP contribution in [0.15, 0.2) is 30.3 Å². The topological polar surface area (TPSA) is 146 Å². The van der Waals surface area contributed by atoms with Crippen molar-refractivity contribution in [1.82, 2.24) is 21.3 Å². The number of hydrogen-bond donors (Lipinski definition) is 5. The van der Waals surface area contributed by atoms with E-state index >= 15 is 0 Å². The van der Waals surface area contributed by atoms with Crippen LogP contribution in [-0.4, -0.2) is 64.8 Å². The molecule has 0 aliphatic carbocycles. The van der Waals surface area contributed by atoms with Gasteiger partial charge >= 0.3 is 6.09 Å². The molecule has 0 saturated carbocycles. The Morgan fingerprint density at radius 1 is 0.895 bits per heavy atom. The normalized spacial score (nSPS) is 14.2. The lowest BCUT2D eigenvalue weighted by Crippen LogP contribution is -2.56. The van der Waals surface area contributed by atoms with Crippen LogP contribution < -0.4 is 21.3 Å². The molecule has 0 radical (unpaired) electrons. The lowest BCUT2D eigenvalue weighted by Gasteiger charge is -2.29. The fraction of sp³-hybridized carbons (Fsp3) is 0.643. The van der Waals surface area contributed by atoms with Crippen molar-refractivity contribution in [3.05, 3.63) is 35.9 Å². The Hall–Kier alpha value is -3.14. The van der Waals surface area contributed by atoms with Gasteiger partial charge in [-0.1, -0.05) is 44.2 Å². The summed E-state index contributed by atoms with van der Waals surface area (Å²) in [5, 5.41) is 21.8. The van der Waals surface area contributed by atoms with Crippen molar-refractivity contribution >= 4 is 23.8 Å². The minimum atomic E-state index is -1.12. The number of nitrogens with one attached hydrogen (secondary N) is 4. The molecular weight excluding hydrogens is 488 g/mol. The largest absolute Gasteiger partial charge is 0.444 e. The van der Waals surface area contributed by atoms with Crippen LogP contribution >= 0.6 is 0 Å². The molecule has 5 N–H and O–H groups in total. The van der Waals surface area contributed by atoms with Crippen molar-refractivity contribution < 1.29 is 29.0 Å². The maximum Gasteiger partial charge on any atom is 0.408 e. The van der Waals surface area contributed by atoms with Crippen LogP contribution in [0.1, 0.15) is 73.8 Å². The Morgan fingerprint density at radius 2 is 1.47 bits per heavy atom. The van der Waals surface area contributed by atoms with E-state index in [9.17, 15) is 24.3 Å². The van der Waals surface area contributed by atoms with Gasteiger partial charge in [-0.3, -0.25) is 14.4 Å². The monoisotopic (exact) mass is 534 g/mol. The number of aliphatic hydroxyl groups excluding tert-OH is 1. The number of carbonyl (C=O) groups is 4. The highest BCUT2D eigenvalue weighted by atomic mass is 16.6. The molecule has 0 aliphatic rings. The summed E-state index contributed by atoms with van der Waals surface area (Å²) in [6.07, 6.45) is -1.54. The zero-order chi connectivity index (χ0) is 29.1. The highest BCUT2D eigenvalue weighted by Crippen LogP contribution is 2.11. The Bertz CT molecular complexity index is 922. The SMILES string of the molecule is CC(C)[C@H](NC(=O)OC(C)(C)C)C(=O)N[C@@H](Cc1ccccc1)[C@H](O)CNC(=O)CCC(=O)NC(C)(C)C. The minimum Gasteiger partial charge on any atom is -0.444 e. The zero-order valence-electron chi connectivity index (χ0n) is 24.0. The predicted octanol–water partition coefficient (Wildman–Crippen LogP) is 2.44. The average Bonchev–Trinajstić information content (AvgIpc) is 2.77. The van der Waals surface area contributed by atoms with Crippen LogP contribution in [0.5, 0.6) is 0 Å². The lowest BCUT2D eigenvalue weighted by atomic mass is 9.98. The van der Waals surface area contributed by atoms with E-state index < -0.39 is 41.3 Å². The third kappa shape index (κ3) is 14.0. The van der Waals surface area contributed by atoms with Crippen molar-refractivity contribution in [2.75, 3.05) is 6.54 Å². The molecule has 10 heteroatoms. The van der Waals surface area contributed by atoms with E-state index in [1.807, 2.05) is 51.1 Å². The molecule has 0 saturated heterocycles. The number of hydrogen-bond acceptors (Lipinski definition) is 6. The molecule has 0 heterocycles. The zero-order valence-corrected chi connectivity index (χ0v) is 24.0. The van der Waals surface area contributed by atoms with Crippen LogP contribution in [0, 0.1) is 5.92 Å². The van der Waals surface area contributed by atoms with Crippen molar-refractivity contribution in [2.45, 2.75) is 104 Å². The van der Waals surface area contributed by atoms with Crippen LogP contribution in [0.3, 0.4) is 0 Å². The number of alkyl carbamates (subject to hydrolysis) is 1. The van der Waals surface area contributed by atoms with E-state index in [-0.39, 0.29) is 37.1 Å². The first-order valence-electron chi connectivity index (χ1n) is 13.1. The van der Waals surface area contributed by atoms with Crippen molar-refractivity contribution in [1.29, 1.82) is 0 Å². The van der Waals surface area contributed by atoms with Crippen molar-refractivity contribution in [2.24, 2.45) is 5.92 Å². The highest BCUT2D eigenvalue weighted by molar-refractivity contribution is 5.86. The van der Waals surface area contributed by atoms with Gasteiger partial charge < -0.3 is 31.1 Å². The highest BCUT2D eigenvalue weighted by Gasteiger charge is 2.30. The van der Waals surface area contributed by atoms with Gasteiger partial charge in [0.1, 0.15) is 11.6 Å². The van der Waals surface area contributed by atoms with E-state index in [2.05, 4.69) is 21.3 Å². The second-order valence-corrected chi connectivity index (χ2v) is 11.8. The van der Waals surface area contributed by atoms with Crippen molar-refractivity contribution in [3.8, 4) is 0 Å². The quantitative estimate of drug-likeness (QED) is 0.278. The van der Waals surface area contributed by atoms with Gasteiger partial charge in [0, 0.05) is 24.9 Å². The molecule has 10 nitrogen and oxygen atoms in total. The number of benzene rings is 1. The standard InChI is InChI=1S/C28H46N4O6/c1-18(2)24(31-26(37)38-28(6,7)8)25(36)30-20(16-19-12-10-9-11-13-19)21(33)17-29-22(34)14-15-23(35)32-27(3,4)5/h9-13,18,20-21,24,33H,14-17H2,1-8H3,(H,29,34)(H,30,36)(H,31,37)(H,32,35)/t20-,21+,24-/m0/s1. The summed E-state index contributed by atoms with van der Waals surface area (Å²) in [5.41, 5.74) is -0.235. The lowest BCUT2D eigenvalue weighted by molar-refractivity contribution is -0.127. The summed E-state index contributed by atoms with van der Waals surface area (Å²) in [6.45, 7) is 14.2. The molecule has 214 valence electrons. The summed E-state index contributed by atoms with van der Waals surface area (Å²) >= 11 is 0. The van der Waals surface area contributed by atoms with Gasteiger partial charge in [0.05, 0.1) is 12.1 Å². The van der Waals surface area contributed by atoms with Gasteiger partial charge in [-0.2, -0.15) is 0 Å². The molecule has 38 heavy (non-hydrogen) atoms. The molecule has 1 rings (SSSR count). The summed E-state index contributed by atoms with van der Waals surface area (Å²) in [7, 11) is 0. The summed E-state index contributed by atoms with van der Waals surface area (Å²) in [6, 6.07) is 7.66. The molecule has 1 aromatic rings. The van der Waals surface area contributed by atoms with E-state index in [0.29, 0.717) is 6.42 Å². The number of carbonyl (C=O) groups excluding carboxylic acids is 4. The number of aliphatic hydroxyl groups is 1. The predicted molar refractivity (Wildman–Crippen MR) is 146 cm³/mol. The fourth-order valence-electron chi connectivity index (χ4n) is 3.55.